The van der Waals surface area contributed by atoms with Gasteiger partial charge in [-0.1, -0.05) is 17.7 Å². The van der Waals surface area contributed by atoms with Crippen LogP contribution < -0.4 is 14.4 Å². The molecule has 138 valence electrons. The van der Waals surface area contributed by atoms with Crippen LogP contribution in [0.4, 0.5) is 5.69 Å². The Labute approximate surface area is 153 Å². The van der Waals surface area contributed by atoms with Gasteiger partial charge in [-0.15, -0.1) is 0 Å². The largest absolute Gasteiger partial charge is 0.497 e. The quantitative estimate of drug-likeness (QED) is 0.872. The van der Waals surface area contributed by atoms with Gasteiger partial charge in [-0.25, -0.2) is 8.42 Å². The smallest absolute Gasteiger partial charge is 0.245 e. The van der Waals surface area contributed by atoms with Crippen molar-refractivity contribution in [3.63, 3.8) is 0 Å². The van der Waals surface area contributed by atoms with Gasteiger partial charge in [0.25, 0.3) is 0 Å². The third-order valence-corrected chi connectivity index (χ3v) is 6.14. The standard InChI is InChI=1S/C19H22N2O4S/c1-13-4-9-18(14(2)12-13)26(23,24)20-17-10-11-21(19(17)22)15-5-7-16(25-3)8-6-15/h4-9,12,17,20H,10-11H2,1-3H3. The van der Waals surface area contributed by atoms with Crippen LogP contribution in [-0.4, -0.2) is 34.0 Å². The Morgan fingerprint density at radius 1 is 1.12 bits per heavy atom. The molecule has 0 radical (unpaired) electrons. The van der Waals surface area contributed by atoms with E-state index < -0.39 is 16.1 Å². The third kappa shape index (κ3) is 3.59. The zero-order valence-electron chi connectivity index (χ0n) is 15.0. The lowest BCUT2D eigenvalue weighted by atomic mass is 10.2. The molecule has 1 amide bonds. The predicted molar refractivity (Wildman–Crippen MR) is 100.0 cm³/mol. The fourth-order valence-corrected chi connectivity index (χ4v) is 4.61. The van der Waals surface area contributed by atoms with Crippen molar-refractivity contribution in [2.24, 2.45) is 0 Å². The highest BCUT2D eigenvalue weighted by atomic mass is 32.2. The molecule has 26 heavy (non-hydrogen) atoms. The van der Waals surface area contributed by atoms with E-state index in [-0.39, 0.29) is 10.8 Å². The van der Waals surface area contributed by atoms with Gasteiger partial charge in [-0.2, -0.15) is 4.72 Å². The summed E-state index contributed by atoms with van der Waals surface area (Å²) in [7, 11) is -2.18. The summed E-state index contributed by atoms with van der Waals surface area (Å²) in [5, 5.41) is 0. The van der Waals surface area contributed by atoms with Gasteiger partial charge in [0, 0.05) is 12.2 Å². The van der Waals surface area contributed by atoms with E-state index in [4.69, 9.17) is 4.74 Å². The zero-order valence-corrected chi connectivity index (χ0v) is 15.8. The minimum atomic E-state index is -3.76. The molecule has 1 atom stereocenters. The van der Waals surface area contributed by atoms with E-state index in [9.17, 15) is 13.2 Å². The lowest BCUT2D eigenvalue weighted by molar-refractivity contribution is -0.118. The molecule has 0 aliphatic carbocycles. The van der Waals surface area contributed by atoms with Crippen LogP contribution in [0.1, 0.15) is 17.5 Å². The molecule has 0 bridgehead atoms. The normalized spacial score (nSPS) is 17.6. The van der Waals surface area contributed by atoms with E-state index in [1.807, 2.05) is 13.0 Å². The van der Waals surface area contributed by atoms with Crippen molar-refractivity contribution in [2.75, 3.05) is 18.6 Å². The first-order valence-electron chi connectivity index (χ1n) is 8.37. The number of methoxy groups -OCH3 is 1. The minimum Gasteiger partial charge on any atom is -0.497 e. The molecule has 0 aromatic heterocycles. The lowest BCUT2D eigenvalue weighted by Crippen LogP contribution is -2.41. The predicted octanol–water partition coefficient (Wildman–Crippen LogP) is 2.40. The summed E-state index contributed by atoms with van der Waals surface area (Å²) >= 11 is 0. The van der Waals surface area contributed by atoms with Crippen molar-refractivity contribution < 1.29 is 17.9 Å². The second-order valence-electron chi connectivity index (χ2n) is 6.42. The Kier molecular flexibility index (Phi) is 5.02. The highest BCUT2D eigenvalue weighted by molar-refractivity contribution is 7.89. The summed E-state index contributed by atoms with van der Waals surface area (Å²) in [5.41, 5.74) is 2.38. The molecule has 3 rings (SSSR count). The number of benzene rings is 2. The van der Waals surface area contributed by atoms with Crippen LogP contribution in [-0.2, 0) is 14.8 Å². The maximum absolute atomic E-state index is 12.7. The molecule has 1 aliphatic rings. The molecule has 1 unspecified atom stereocenters. The molecule has 6 nitrogen and oxygen atoms in total. The highest BCUT2D eigenvalue weighted by Gasteiger charge is 2.36. The number of aryl methyl sites for hydroxylation is 2. The Morgan fingerprint density at radius 2 is 1.81 bits per heavy atom. The fourth-order valence-electron chi connectivity index (χ4n) is 3.16. The molecule has 2 aromatic carbocycles. The van der Waals surface area contributed by atoms with Gasteiger partial charge in [0.15, 0.2) is 0 Å². The number of anilines is 1. The number of nitrogens with zero attached hydrogens (tertiary/aromatic N) is 1. The van der Waals surface area contributed by atoms with Gasteiger partial charge >= 0.3 is 0 Å². The van der Waals surface area contributed by atoms with Gasteiger partial charge < -0.3 is 9.64 Å². The Hall–Kier alpha value is -2.38. The van der Waals surface area contributed by atoms with Crippen molar-refractivity contribution in [2.45, 2.75) is 31.2 Å². The number of amides is 1. The summed E-state index contributed by atoms with van der Waals surface area (Å²) in [6.07, 6.45) is 0.426. The van der Waals surface area contributed by atoms with Crippen LogP contribution in [0.3, 0.4) is 0 Å². The molecule has 1 aliphatic heterocycles. The highest BCUT2D eigenvalue weighted by Crippen LogP contribution is 2.25. The monoisotopic (exact) mass is 374 g/mol. The lowest BCUT2D eigenvalue weighted by Gasteiger charge is -2.18. The van der Waals surface area contributed by atoms with Gasteiger partial charge in [0.2, 0.25) is 15.9 Å². The third-order valence-electron chi connectivity index (χ3n) is 4.51. The Balaban J connectivity index is 1.77. The molecular formula is C19H22N2O4S. The number of carbonyl (C=O) groups excluding carboxylic acids is 1. The molecular weight excluding hydrogens is 352 g/mol. The molecule has 1 heterocycles. The van der Waals surface area contributed by atoms with E-state index in [0.717, 1.165) is 11.3 Å². The molecule has 1 saturated heterocycles. The molecule has 7 heteroatoms. The number of sulfonamides is 1. The summed E-state index contributed by atoms with van der Waals surface area (Å²) < 4.78 is 33.1. The number of hydrogen-bond donors (Lipinski definition) is 1. The van der Waals surface area contributed by atoms with Crippen molar-refractivity contribution in [1.29, 1.82) is 0 Å². The Morgan fingerprint density at radius 3 is 2.42 bits per heavy atom. The van der Waals surface area contributed by atoms with Crippen LogP contribution >= 0.6 is 0 Å². The van der Waals surface area contributed by atoms with Crippen LogP contribution in [0.2, 0.25) is 0 Å². The van der Waals surface area contributed by atoms with E-state index in [1.54, 1.807) is 55.3 Å². The SMILES string of the molecule is COc1ccc(N2CCC(NS(=O)(=O)c3ccc(C)cc3C)C2=O)cc1. The van der Waals surface area contributed by atoms with Crippen molar-refractivity contribution in [1.82, 2.24) is 4.72 Å². The van der Waals surface area contributed by atoms with E-state index in [1.165, 1.54) is 0 Å². The molecule has 1 N–H and O–H groups in total. The second-order valence-corrected chi connectivity index (χ2v) is 8.10. The van der Waals surface area contributed by atoms with Gasteiger partial charge in [-0.05, 0) is 56.2 Å². The number of hydrogen-bond acceptors (Lipinski definition) is 4. The summed E-state index contributed by atoms with van der Waals surface area (Å²) in [4.78, 5) is 14.5. The van der Waals surface area contributed by atoms with Gasteiger partial charge in [0.1, 0.15) is 11.8 Å². The van der Waals surface area contributed by atoms with E-state index >= 15 is 0 Å². The first-order chi connectivity index (χ1) is 12.3. The van der Waals surface area contributed by atoms with Crippen LogP contribution in [0.25, 0.3) is 0 Å². The molecule has 0 spiro atoms. The van der Waals surface area contributed by atoms with E-state index in [0.29, 0.717) is 24.3 Å². The van der Waals surface area contributed by atoms with Gasteiger partial charge in [0.05, 0.1) is 12.0 Å². The topological polar surface area (TPSA) is 75.7 Å². The minimum absolute atomic E-state index is 0.207. The van der Waals surface area contributed by atoms with Crippen LogP contribution in [0.5, 0.6) is 5.75 Å². The first-order valence-corrected chi connectivity index (χ1v) is 9.85. The summed E-state index contributed by atoms with van der Waals surface area (Å²) in [6, 6.07) is 11.5. The van der Waals surface area contributed by atoms with Crippen molar-refractivity contribution in [3.8, 4) is 5.75 Å². The summed E-state index contributed by atoms with van der Waals surface area (Å²) in [6.45, 7) is 4.12. The van der Waals surface area contributed by atoms with Crippen molar-refractivity contribution in [3.05, 3.63) is 53.6 Å². The second kappa shape index (κ2) is 7.09. The number of carbonyl (C=O) groups is 1. The Bertz CT molecular complexity index is 923. The van der Waals surface area contributed by atoms with Crippen molar-refractivity contribution >= 4 is 21.6 Å². The number of rotatable bonds is 5. The molecule has 2 aromatic rings. The number of nitrogens with one attached hydrogen (secondary N) is 1. The van der Waals surface area contributed by atoms with Crippen LogP contribution in [0, 0.1) is 13.8 Å². The van der Waals surface area contributed by atoms with E-state index in [2.05, 4.69) is 4.72 Å². The summed E-state index contributed by atoms with van der Waals surface area (Å²) in [5.74, 6) is 0.455. The van der Waals surface area contributed by atoms with Gasteiger partial charge in [-0.3, -0.25) is 4.79 Å². The molecule has 1 fully saturated rings. The fraction of sp³-hybridized carbons (Fsp3) is 0.316. The van der Waals surface area contributed by atoms with Crippen LogP contribution in [0.15, 0.2) is 47.4 Å². The average Bonchev–Trinajstić information content (AvgIpc) is 2.94. The average molecular weight is 374 g/mol. The number of ether oxygens (including phenoxy) is 1. The maximum atomic E-state index is 12.7. The maximum Gasteiger partial charge on any atom is 0.245 e. The molecule has 0 saturated carbocycles. The first kappa shape index (κ1) is 18.4. The zero-order chi connectivity index (χ0) is 18.9.